The van der Waals surface area contributed by atoms with E-state index in [0.717, 1.165) is 47.7 Å². The van der Waals surface area contributed by atoms with Crippen molar-refractivity contribution in [2.75, 3.05) is 16.4 Å². The molecule has 39 heavy (non-hydrogen) atoms. The Morgan fingerprint density at radius 1 is 0.692 bits per heavy atom. The molecule has 2 aromatic heterocycles. The van der Waals surface area contributed by atoms with Crippen molar-refractivity contribution >= 4 is 50.7 Å². The van der Waals surface area contributed by atoms with Gasteiger partial charge in [-0.15, -0.1) is 0 Å². The minimum Gasteiger partial charge on any atom is -0.398 e. The highest BCUT2D eigenvalue weighted by Crippen LogP contribution is 2.21. The number of anilines is 3. The number of carbonyl (C=O) groups is 2. The molecule has 0 aliphatic carbocycles. The number of benzene rings is 3. The van der Waals surface area contributed by atoms with Crippen LogP contribution in [0.15, 0.2) is 91.3 Å². The molecule has 0 bridgehead atoms. The molecule has 0 saturated heterocycles. The van der Waals surface area contributed by atoms with Gasteiger partial charge in [0.15, 0.2) is 12.4 Å². The van der Waals surface area contributed by atoms with Crippen molar-refractivity contribution in [2.45, 2.75) is 39.8 Å². The zero-order chi connectivity index (χ0) is 27.4. The van der Waals surface area contributed by atoms with Crippen LogP contribution in [0, 0.1) is 0 Å². The fraction of sp³-hybridized carbons (Fsp3) is 0.188. The van der Waals surface area contributed by atoms with Crippen LogP contribution in [0.2, 0.25) is 0 Å². The summed E-state index contributed by atoms with van der Waals surface area (Å²) in [6.45, 7) is 6.06. The molecule has 0 radical (unpaired) electrons. The van der Waals surface area contributed by atoms with Crippen LogP contribution >= 0.6 is 0 Å². The Morgan fingerprint density at radius 3 is 1.74 bits per heavy atom. The van der Waals surface area contributed by atoms with E-state index in [4.69, 9.17) is 5.73 Å². The molecule has 5 aromatic rings. The van der Waals surface area contributed by atoms with Crippen molar-refractivity contribution in [1.82, 2.24) is 0 Å². The molecule has 0 aliphatic rings. The van der Waals surface area contributed by atoms with Crippen LogP contribution in [0.4, 0.5) is 17.1 Å². The van der Waals surface area contributed by atoms with Crippen LogP contribution in [0.5, 0.6) is 0 Å². The van der Waals surface area contributed by atoms with Gasteiger partial charge >= 0.3 is 0 Å². The lowest BCUT2D eigenvalue weighted by Crippen LogP contribution is -2.33. The summed E-state index contributed by atoms with van der Waals surface area (Å²) in [5, 5.41) is 8.11. The minimum atomic E-state index is -0.327. The van der Waals surface area contributed by atoms with Gasteiger partial charge in [0.1, 0.15) is 13.1 Å². The number of nitrogens with zero attached hydrogens (tertiary/aromatic N) is 2. The number of hydrogen-bond acceptors (Lipinski definition) is 3. The maximum Gasteiger partial charge on any atom is 0.257 e. The number of carbonyl (C=O) groups excluding carboxylic acids is 2. The summed E-state index contributed by atoms with van der Waals surface area (Å²) in [4.78, 5) is 26.1. The van der Waals surface area contributed by atoms with Crippen molar-refractivity contribution in [3.8, 4) is 0 Å². The largest absolute Gasteiger partial charge is 0.398 e. The molecule has 0 fully saturated rings. The summed E-state index contributed by atoms with van der Waals surface area (Å²) < 4.78 is 4.35. The molecule has 7 heteroatoms. The molecule has 196 valence electrons. The van der Waals surface area contributed by atoms with Gasteiger partial charge in [0.25, 0.3) is 11.8 Å². The molecule has 2 amide bonds. The maximum absolute atomic E-state index is 13.1. The van der Waals surface area contributed by atoms with Gasteiger partial charge in [-0.2, -0.15) is 9.13 Å². The molecule has 0 atom stereocenters. The van der Waals surface area contributed by atoms with Gasteiger partial charge < -0.3 is 16.4 Å². The normalized spacial score (nSPS) is 11.0. The summed E-state index contributed by atoms with van der Waals surface area (Å²) in [6, 6.07) is 24.6. The van der Waals surface area contributed by atoms with Crippen LogP contribution in [0.25, 0.3) is 21.8 Å². The van der Waals surface area contributed by atoms with Crippen LogP contribution < -0.4 is 25.5 Å². The van der Waals surface area contributed by atoms with E-state index >= 15 is 0 Å². The molecule has 2 heterocycles. The van der Waals surface area contributed by atoms with Crippen molar-refractivity contribution < 1.29 is 18.7 Å². The van der Waals surface area contributed by atoms with E-state index in [1.165, 1.54) is 6.07 Å². The molecule has 3 aromatic carbocycles. The minimum absolute atomic E-state index is 0.237. The van der Waals surface area contributed by atoms with Crippen LogP contribution in [-0.4, -0.2) is 11.8 Å². The van der Waals surface area contributed by atoms with Crippen molar-refractivity contribution in [3.63, 3.8) is 0 Å². The molecule has 0 spiro atoms. The third-order valence-corrected chi connectivity index (χ3v) is 6.77. The Hall–Kier alpha value is -4.78. The maximum atomic E-state index is 13.1. The second kappa shape index (κ2) is 11.3. The third kappa shape index (κ3) is 5.57. The average Bonchev–Trinajstić information content (AvgIpc) is 2.94. The first-order chi connectivity index (χ1) is 19.0. The van der Waals surface area contributed by atoms with Gasteiger partial charge in [-0.25, -0.2) is 0 Å². The number of nitrogen functional groups attached to an aromatic ring is 1. The first kappa shape index (κ1) is 25.9. The number of aromatic nitrogens is 2. The van der Waals surface area contributed by atoms with Crippen LogP contribution in [0.3, 0.4) is 0 Å². The Bertz CT molecular complexity index is 1700. The smallest absolute Gasteiger partial charge is 0.257 e. The first-order valence-electron chi connectivity index (χ1n) is 13.3. The number of hydrogen-bond donors (Lipinski definition) is 3. The van der Waals surface area contributed by atoms with Gasteiger partial charge in [-0.05, 0) is 54.6 Å². The lowest BCUT2D eigenvalue weighted by Gasteiger charge is -2.11. The Balaban J connectivity index is 1.32. The van der Waals surface area contributed by atoms with Gasteiger partial charge in [0.2, 0.25) is 11.0 Å². The van der Waals surface area contributed by atoms with Gasteiger partial charge in [0, 0.05) is 70.5 Å². The number of nitrogens with one attached hydrogen (secondary N) is 2. The van der Waals surface area contributed by atoms with Crippen LogP contribution in [0.1, 0.15) is 47.4 Å². The SMILES string of the molecule is CCC[n+]1cccc2ccc(NC(=O)c3ccc(C(=O)Nc4ccc5ccc[n+](CCC)c5c4)c(N)c3)cc21. The number of aryl methyl sites for hydroxylation is 2. The summed E-state index contributed by atoms with van der Waals surface area (Å²) >= 11 is 0. The predicted molar refractivity (Wildman–Crippen MR) is 156 cm³/mol. The molecule has 5 rings (SSSR count). The summed E-state index contributed by atoms with van der Waals surface area (Å²) in [5.41, 5.74) is 10.6. The van der Waals surface area contributed by atoms with E-state index in [1.807, 2.05) is 60.9 Å². The number of pyridine rings is 2. The molecular weight excluding hydrogens is 486 g/mol. The highest BCUT2D eigenvalue weighted by molar-refractivity contribution is 6.10. The molecule has 0 unspecified atom stereocenters. The van der Waals surface area contributed by atoms with Crippen molar-refractivity contribution in [3.05, 3.63) is 102 Å². The quantitative estimate of drug-likeness (QED) is 0.187. The fourth-order valence-electron chi connectivity index (χ4n) is 4.87. The predicted octanol–water partition coefficient (Wildman–Crippen LogP) is 5.47. The Labute approximate surface area is 227 Å². The highest BCUT2D eigenvalue weighted by Gasteiger charge is 2.16. The van der Waals surface area contributed by atoms with Gasteiger partial charge in [0.05, 0.1) is 5.56 Å². The summed E-state index contributed by atoms with van der Waals surface area (Å²) in [6.07, 6.45) is 6.11. The number of rotatable bonds is 8. The monoisotopic (exact) mass is 519 g/mol. The Morgan fingerprint density at radius 2 is 1.23 bits per heavy atom. The highest BCUT2D eigenvalue weighted by atomic mass is 16.2. The Kier molecular flexibility index (Phi) is 7.50. The van der Waals surface area contributed by atoms with Gasteiger partial charge in [-0.3, -0.25) is 9.59 Å². The molecule has 7 nitrogen and oxygen atoms in total. The molecule has 0 saturated carbocycles. The second-order valence-electron chi connectivity index (χ2n) is 9.66. The molecule has 4 N–H and O–H groups in total. The van der Waals surface area contributed by atoms with Crippen molar-refractivity contribution in [2.24, 2.45) is 0 Å². The zero-order valence-electron chi connectivity index (χ0n) is 22.3. The molecule has 0 aliphatic heterocycles. The lowest BCUT2D eigenvalue weighted by atomic mass is 10.1. The van der Waals surface area contributed by atoms with E-state index in [1.54, 1.807) is 12.1 Å². The van der Waals surface area contributed by atoms with Crippen LogP contribution in [-0.2, 0) is 13.1 Å². The van der Waals surface area contributed by atoms with E-state index in [2.05, 4.69) is 45.7 Å². The second-order valence-corrected chi connectivity index (χ2v) is 9.66. The third-order valence-electron chi connectivity index (χ3n) is 6.77. The topological polar surface area (TPSA) is 92.0 Å². The van der Waals surface area contributed by atoms with E-state index in [9.17, 15) is 9.59 Å². The molecular formula is C32H33N5O2+2. The summed E-state index contributed by atoms with van der Waals surface area (Å²) in [5.74, 6) is -0.618. The van der Waals surface area contributed by atoms with E-state index < -0.39 is 0 Å². The number of amides is 2. The summed E-state index contributed by atoms with van der Waals surface area (Å²) in [7, 11) is 0. The van der Waals surface area contributed by atoms with Crippen molar-refractivity contribution in [1.29, 1.82) is 0 Å². The zero-order valence-corrected chi connectivity index (χ0v) is 22.3. The standard InChI is InChI=1S/C32H31N5O2/c1-3-15-36-17-5-7-22-9-12-25(20-29(22)36)34-31(38)24-11-14-27(28(33)19-24)32(39)35-26-13-10-23-8-6-18-37(16-4-2)30(23)21-26/h5-14,17-21H,3-4,15-16H2,1-2H3,(H2,33,39)/p+2. The fourth-order valence-corrected chi connectivity index (χ4v) is 4.87. The van der Waals surface area contributed by atoms with E-state index in [-0.39, 0.29) is 17.5 Å². The number of nitrogens with two attached hydrogens (primary N) is 1. The average molecular weight is 520 g/mol. The van der Waals surface area contributed by atoms with E-state index in [0.29, 0.717) is 22.5 Å². The number of fused-ring (bicyclic) bond motifs is 2. The lowest BCUT2D eigenvalue weighted by molar-refractivity contribution is -0.671. The first-order valence-corrected chi connectivity index (χ1v) is 13.3. The van der Waals surface area contributed by atoms with Gasteiger partial charge in [-0.1, -0.05) is 13.8 Å².